The Balaban J connectivity index is 1.99. The second kappa shape index (κ2) is 10.2. The molecular formula is C24H29N3O3. The number of carbonyl (C=O) groups excluding carboxylic acids is 2. The van der Waals surface area contributed by atoms with E-state index in [1.54, 1.807) is 5.48 Å². The van der Waals surface area contributed by atoms with Crippen molar-refractivity contribution in [3.63, 3.8) is 0 Å². The molecule has 0 unspecified atom stereocenters. The van der Waals surface area contributed by atoms with Crippen molar-refractivity contribution in [1.82, 2.24) is 5.48 Å². The van der Waals surface area contributed by atoms with E-state index in [1.165, 1.54) is 0 Å². The number of aliphatic imine (C=N–C) groups is 1. The van der Waals surface area contributed by atoms with E-state index < -0.39 is 11.9 Å². The number of unbranched alkanes of at least 4 members (excludes halogenated alkanes) is 1. The maximum atomic E-state index is 13.6. The van der Waals surface area contributed by atoms with Gasteiger partial charge < -0.3 is 4.90 Å². The Morgan fingerprint density at radius 3 is 2.53 bits per heavy atom. The van der Waals surface area contributed by atoms with Crippen LogP contribution in [0.5, 0.6) is 0 Å². The number of nitrogens with one attached hydrogen (secondary N) is 1. The van der Waals surface area contributed by atoms with E-state index in [0.717, 1.165) is 28.9 Å². The zero-order valence-electron chi connectivity index (χ0n) is 17.5. The van der Waals surface area contributed by atoms with Gasteiger partial charge in [0.1, 0.15) is 6.04 Å². The lowest BCUT2D eigenvalue weighted by Gasteiger charge is -2.27. The van der Waals surface area contributed by atoms with Crippen LogP contribution in [-0.4, -0.2) is 35.3 Å². The standard InChI is InChI=1S/C24H29N3O3/c1-3-17(2)22-24(29)27(16-10-9-15-21(28)26-30)20-14-8-7-13-19(20)23(25-22)18-11-5-4-6-12-18/h4-8,11-14,17,22,30H,3,9-10,15-16H2,1-2H3,(H,26,28)/t17-,22+/m1/s1. The highest BCUT2D eigenvalue weighted by Gasteiger charge is 2.34. The highest BCUT2D eigenvalue weighted by Crippen LogP contribution is 2.31. The predicted molar refractivity (Wildman–Crippen MR) is 118 cm³/mol. The summed E-state index contributed by atoms with van der Waals surface area (Å²) in [5.41, 5.74) is 5.28. The molecule has 2 aromatic carbocycles. The maximum absolute atomic E-state index is 13.6. The Labute approximate surface area is 177 Å². The van der Waals surface area contributed by atoms with E-state index in [9.17, 15) is 9.59 Å². The number of nitrogens with zero attached hydrogens (tertiary/aromatic N) is 2. The van der Waals surface area contributed by atoms with E-state index in [-0.39, 0.29) is 18.2 Å². The molecule has 0 saturated heterocycles. The van der Waals surface area contributed by atoms with E-state index in [0.29, 0.717) is 19.4 Å². The monoisotopic (exact) mass is 407 g/mol. The van der Waals surface area contributed by atoms with Crippen LogP contribution in [0.15, 0.2) is 59.6 Å². The van der Waals surface area contributed by atoms with Gasteiger partial charge in [0.15, 0.2) is 0 Å². The van der Waals surface area contributed by atoms with Gasteiger partial charge in [0.25, 0.3) is 5.91 Å². The zero-order valence-corrected chi connectivity index (χ0v) is 17.5. The van der Waals surface area contributed by atoms with Gasteiger partial charge in [-0.3, -0.25) is 19.8 Å². The Morgan fingerprint density at radius 1 is 1.13 bits per heavy atom. The highest BCUT2D eigenvalue weighted by molar-refractivity contribution is 6.20. The molecule has 2 aromatic rings. The molecule has 1 heterocycles. The predicted octanol–water partition coefficient (Wildman–Crippen LogP) is 3.96. The molecule has 0 aliphatic carbocycles. The molecule has 0 aromatic heterocycles. The molecular weight excluding hydrogens is 378 g/mol. The number of para-hydroxylation sites is 1. The minimum atomic E-state index is -0.460. The second-order valence-electron chi connectivity index (χ2n) is 7.67. The number of rotatable bonds is 8. The maximum Gasteiger partial charge on any atom is 0.252 e. The van der Waals surface area contributed by atoms with Crippen LogP contribution in [0.4, 0.5) is 5.69 Å². The van der Waals surface area contributed by atoms with Gasteiger partial charge in [-0.2, -0.15) is 0 Å². The molecule has 0 radical (unpaired) electrons. The van der Waals surface area contributed by atoms with Crippen LogP contribution in [0.3, 0.4) is 0 Å². The Bertz CT molecular complexity index is 911. The van der Waals surface area contributed by atoms with Gasteiger partial charge in [-0.25, -0.2) is 5.48 Å². The number of fused-ring (bicyclic) bond motifs is 1. The lowest BCUT2D eigenvalue weighted by Crippen LogP contribution is -2.41. The molecule has 1 aliphatic rings. The van der Waals surface area contributed by atoms with E-state index in [1.807, 2.05) is 59.5 Å². The van der Waals surface area contributed by atoms with Gasteiger partial charge in [0, 0.05) is 24.1 Å². The van der Waals surface area contributed by atoms with Crippen molar-refractivity contribution in [3.05, 3.63) is 65.7 Å². The van der Waals surface area contributed by atoms with Gasteiger partial charge in [0.05, 0.1) is 11.4 Å². The van der Waals surface area contributed by atoms with Gasteiger partial charge in [-0.05, 0) is 24.8 Å². The zero-order chi connectivity index (χ0) is 21.5. The lowest BCUT2D eigenvalue weighted by molar-refractivity contribution is -0.129. The second-order valence-corrected chi connectivity index (χ2v) is 7.67. The topological polar surface area (TPSA) is 82.0 Å². The first-order valence-corrected chi connectivity index (χ1v) is 10.5. The first-order chi connectivity index (χ1) is 14.6. The molecule has 3 rings (SSSR count). The number of hydroxylamine groups is 1. The lowest BCUT2D eigenvalue weighted by atomic mass is 9.98. The molecule has 0 spiro atoms. The van der Waals surface area contributed by atoms with Gasteiger partial charge in [0.2, 0.25) is 5.91 Å². The quantitative estimate of drug-likeness (QED) is 0.395. The summed E-state index contributed by atoms with van der Waals surface area (Å²) in [4.78, 5) is 31.7. The first kappa shape index (κ1) is 21.7. The molecule has 30 heavy (non-hydrogen) atoms. The molecule has 0 fully saturated rings. The van der Waals surface area contributed by atoms with Crippen LogP contribution in [0.1, 0.15) is 50.7 Å². The molecule has 2 atom stereocenters. The number of benzene rings is 2. The van der Waals surface area contributed by atoms with Crippen molar-refractivity contribution in [2.24, 2.45) is 10.9 Å². The van der Waals surface area contributed by atoms with Crippen molar-refractivity contribution in [2.75, 3.05) is 11.4 Å². The smallest absolute Gasteiger partial charge is 0.252 e. The summed E-state index contributed by atoms with van der Waals surface area (Å²) < 4.78 is 0. The van der Waals surface area contributed by atoms with Gasteiger partial charge >= 0.3 is 0 Å². The Hall–Kier alpha value is -2.99. The van der Waals surface area contributed by atoms with Crippen molar-refractivity contribution in [1.29, 1.82) is 0 Å². The number of hydrogen-bond donors (Lipinski definition) is 2. The third kappa shape index (κ3) is 4.76. The number of hydrogen-bond acceptors (Lipinski definition) is 4. The van der Waals surface area contributed by atoms with Crippen LogP contribution in [0, 0.1) is 5.92 Å². The van der Waals surface area contributed by atoms with Crippen molar-refractivity contribution in [2.45, 2.75) is 45.6 Å². The van der Waals surface area contributed by atoms with Crippen LogP contribution in [0.2, 0.25) is 0 Å². The van der Waals surface area contributed by atoms with Crippen LogP contribution >= 0.6 is 0 Å². The minimum Gasteiger partial charge on any atom is -0.310 e. The summed E-state index contributed by atoms with van der Waals surface area (Å²) in [6, 6.07) is 17.4. The van der Waals surface area contributed by atoms with E-state index in [2.05, 4.69) is 13.8 Å². The summed E-state index contributed by atoms with van der Waals surface area (Å²) in [6.45, 7) is 4.64. The van der Waals surface area contributed by atoms with Crippen molar-refractivity contribution < 1.29 is 14.8 Å². The molecule has 0 saturated carbocycles. The van der Waals surface area contributed by atoms with E-state index >= 15 is 0 Å². The van der Waals surface area contributed by atoms with Crippen molar-refractivity contribution >= 4 is 23.2 Å². The average molecular weight is 408 g/mol. The molecule has 6 heteroatoms. The summed E-state index contributed by atoms with van der Waals surface area (Å²) in [5, 5.41) is 8.67. The fourth-order valence-corrected chi connectivity index (χ4v) is 3.71. The number of amides is 2. The van der Waals surface area contributed by atoms with Gasteiger partial charge in [-0.15, -0.1) is 0 Å². The Kier molecular flexibility index (Phi) is 7.36. The van der Waals surface area contributed by atoms with Crippen LogP contribution in [0.25, 0.3) is 0 Å². The van der Waals surface area contributed by atoms with Crippen molar-refractivity contribution in [3.8, 4) is 0 Å². The highest BCUT2D eigenvalue weighted by atomic mass is 16.5. The number of carbonyl (C=O) groups is 2. The molecule has 158 valence electrons. The summed E-state index contributed by atoms with van der Waals surface area (Å²) in [5.74, 6) is -0.313. The fourth-order valence-electron chi connectivity index (χ4n) is 3.71. The molecule has 1 aliphatic heterocycles. The summed E-state index contributed by atoms with van der Waals surface area (Å²) >= 11 is 0. The largest absolute Gasteiger partial charge is 0.310 e. The summed E-state index contributed by atoms with van der Waals surface area (Å²) in [6.07, 6.45) is 2.31. The molecule has 2 amide bonds. The Morgan fingerprint density at radius 2 is 1.83 bits per heavy atom. The molecule has 2 N–H and O–H groups in total. The fraction of sp³-hybridized carbons (Fsp3) is 0.375. The average Bonchev–Trinajstić information content (AvgIpc) is 2.91. The normalized spacial score (nSPS) is 17.0. The molecule has 6 nitrogen and oxygen atoms in total. The number of benzodiazepines with no additional fused rings is 1. The third-order valence-electron chi connectivity index (χ3n) is 5.63. The minimum absolute atomic E-state index is 0.00524. The summed E-state index contributed by atoms with van der Waals surface area (Å²) in [7, 11) is 0. The SMILES string of the molecule is CC[C@@H](C)[C@@H]1N=C(c2ccccc2)c2ccccc2N(CCCCC(=O)NO)C1=O. The molecule has 0 bridgehead atoms. The van der Waals surface area contributed by atoms with E-state index in [4.69, 9.17) is 10.2 Å². The first-order valence-electron chi connectivity index (χ1n) is 10.5. The number of anilines is 1. The third-order valence-corrected chi connectivity index (χ3v) is 5.63. The van der Waals surface area contributed by atoms with Crippen LogP contribution < -0.4 is 10.4 Å². The van der Waals surface area contributed by atoms with Gasteiger partial charge in [-0.1, -0.05) is 68.8 Å². The van der Waals surface area contributed by atoms with Crippen LogP contribution in [-0.2, 0) is 9.59 Å².